The molecule has 200 valence electrons. The highest BCUT2D eigenvalue weighted by Crippen LogP contribution is 2.37. The monoisotopic (exact) mass is 546 g/mol. The zero-order valence-corrected chi connectivity index (χ0v) is 22.3. The maximum Gasteiger partial charge on any atom is 0.256 e. The standard InChI is InChI=1S/C30H28ClFN4O3/c1-17-2-6-25-18(12-17)3-7-26(34-25)28(37)16-35-10-8-19(9-11-35)33-30(39)22-15-36(20-4-5-20)27-14-23(31)24(32)13-21(27)29(22)38/h2-3,6-7,12-15,19-20H,4-5,8-11,16H2,1H3,(H,33,39). The average molecular weight is 547 g/mol. The van der Waals surface area contributed by atoms with Crippen molar-refractivity contribution in [1.29, 1.82) is 0 Å². The number of aryl methyl sites for hydroxylation is 1. The van der Waals surface area contributed by atoms with Gasteiger partial charge in [0.2, 0.25) is 5.43 Å². The van der Waals surface area contributed by atoms with Crippen molar-refractivity contribution in [2.45, 2.75) is 44.7 Å². The highest BCUT2D eigenvalue weighted by atomic mass is 35.5. The second-order valence-corrected chi connectivity index (χ2v) is 11.0. The third-order valence-electron chi connectivity index (χ3n) is 7.68. The van der Waals surface area contributed by atoms with Crippen LogP contribution in [0.15, 0.2) is 53.5 Å². The van der Waals surface area contributed by atoms with Crippen molar-refractivity contribution in [2.75, 3.05) is 19.6 Å². The summed E-state index contributed by atoms with van der Waals surface area (Å²) in [6.07, 6.45) is 4.74. The first-order chi connectivity index (χ1) is 18.8. The fraction of sp³-hybridized carbons (Fsp3) is 0.333. The molecule has 1 aliphatic carbocycles. The van der Waals surface area contributed by atoms with E-state index in [4.69, 9.17) is 11.6 Å². The molecule has 2 aliphatic rings. The topological polar surface area (TPSA) is 84.3 Å². The van der Waals surface area contributed by atoms with Crippen LogP contribution in [0.25, 0.3) is 21.8 Å². The molecular formula is C30H28ClFN4O3. The molecule has 1 saturated heterocycles. The fourth-order valence-corrected chi connectivity index (χ4v) is 5.50. The Morgan fingerprint density at radius 2 is 1.85 bits per heavy atom. The second-order valence-electron chi connectivity index (χ2n) is 10.6. The Kier molecular flexibility index (Phi) is 6.69. The smallest absolute Gasteiger partial charge is 0.256 e. The number of hydrogen-bond acceptors (Lipinski definition) is 5. The summed E-state index contributed by atoms with van der Waals surface area (Å²) in [6, 6.07) is 12.3. The lowest BCUT2D eigenvalue weighted by molar-refractivity contribution is 0.0855. The molecule has 2 fully saturated rings. The van der Waals surface area contributed by atoms with E-state index in [1.807, 2.05) is 35.8 Å². The van der Waals surface area contributed by atoms with Crippen LogP contribution in [0.4, 0.5) is 4.39 Å². The minimum Gasteiger partial charge on any atom is -0.349 e. The van der Waals surface area contributed by atoms with Crippen LogP contribution in [-0.4, -0.2) is 51.8 Å². The first kappa shape index (κ1) is 25.6. The number of fused-ring (bicyclic) bond motifs is 2. The quantitative estimate of drug-likeness (QED) is 0.342. The maximum atomic E-state index is 14.2. The van der Waals surface area contributed by atoms with Crippen LogP contribution < -0.4 is 10.7 Å². The van der Waals surface area contributed by atoms with Crippen molar-refractivity contribution in [3.05, 3.63) is 86.5 Å². The third kappa shape index (κ3) is 5.18. The van der Waals surface area contributed by atoms with Crippen LogP contribution >= 0.6 is 11.6 Å². The van der Waals surface area contributed by atoms with E-state index in [1.54, 1.807) is 12.3 Å². The maximum absolute atomic E-state index is 14.2. The number of carbonyl (C=O) groups excluding carboxylic acids is 2. The second kappa shape index (κ2) is 10.2. The summed E-state index contributed by atoms with van der Waals surface area (Å²) in [5.41, 5.74) is 2.43. The van der Waals surface area contributed by atoms with Gasteiger partial charge in [-0.3, -0.25) is 19.3 Å². The number of Topliss-reactive ketones (excluding diaryl/α,β-unsaturated/α-hetero) is 1. The molecule has 0 atom stereocenters. The predicted octanol–water partition coefficient (Wildman–Crippen LogP) is 5.06. The van der Waals surface area contributed by atoms with Gasteiger partial charge >= 0.3 is 0 Å². The highest BCUT2D eigenvalue weighted by molar-refractivity contribution is 6.31. The number of hydrogen-bond donors (Lipinski definition) is 1. The number of benzene rings is 2. The van der Waals surface area contributed by atoms with Crippen LogP contribution in [0.5, 0.6) is 0 Å². The summed E-state index contributed by atoms with van der Waals surface area (Å²) in [5.74, 6) is -1.18. The molecule has 39 heavy (non-hydrogen) atoms. The first-order valence-electron chi connectivity index (χ1n) is 13.2. The third-order valence-corrected chi connectivity index (χ3v) is 7.97. The summed E-state index contributed by atoms with van der Waals surface area (Å²) >= 11 is 5.98. The van der Waals surface area contributed by atoms with Crippen molar-refractivity contribution in [3.63, 3.8) is 0 Å². The molecule has 0 unspecified atom stereocenters. The van der Waals surface area contributed by atoms with Gasteiger partial charge in [0, 0.05) is 42.1 Å². The van der Waals surface area contributed by atoms with Crippen molar-refractivity contribution < 1.29 is 14.0 Å². The summed E-state index contributed by atoms with van der Waals surface area (Å²) in [5, 5.41) is 4.10. The van der Waals surface area contributed by atoms with E-state index in [0.29, 0.717) is 37.1 Å². The molecule has 9 heteroatoms. The summed E-state index contributed by atoms with van der Waals surface area (Å²) in [6.45, 7) is 3.55. The van der Waals surface area contributed by atoms with Crippen molar-refractivity contribution in [2.24, 2.45) is 0 Å². The van der Waals surface area contributed by atoms with Gasteiger partial charge in [-0.25, -0.2) is 9.37 Å². The normalized spacial score (nSPS) is 16.6. The number of amides is 1. The van der Waals surface area contributed by atoms with Gasteiger partial charge in [0.05, 0.1) is 22.6 Å². The molecule has 2 aromatic carbocycles. The number of piperidine rings is 1. The van der Waals surface area contributed by atoms with E-state index < -0.39 is 17.2 Å². The van der Waals surface area contributed by atoms with E-state index in [1.165, 1.54) is 6.07 Å². The summed E-state index contributed by atoms with van der Waals surface area (Å²) in [4.78, 5) is 45.8. The van der Waals surface area contributed by atoms with Crippen LogP contribution in [0.3, 0.4) is 0 Å². The Labute approximate surface area is 229 Å². The molecule has 1 amide bonds. The molecule has 0 bridgehead atoms. The lowest BCUT2D eigenvalue weighted by Gasteiger charge is -2.31. The van der Waals surface area contributed by atoms with Crippen molar-refractivity contribution >= 4 is 45.1 Å². The Morgan fingerprint density at radius 1 is 1.08 bits per heavy atom. The van der Waals surface area contributed by atoms with Crippen LogP contribution in [0, 0.1) is 12.7 Å². The first-order valence-corrected chi connectivity index (χ1v) is 13.6. The molecule has 0 radical (unpaired) electrons. The summed E-state index contributed by atoms with van der Waals surface area (Å²) in [7, 11) is 0. The number of aromatic nitrogens is 2. The molecule has 1 N–H and O–H groups in total. The van der Waals surface area contributed by atoms with Crippen LogP contribution in [0.1, 0.15) is 58.1 Å². The Bertz CT molecular complexity index is 1690. The fourth-order valence-electron chi connectivity index (χ4n) is 5.34. The lowest BCUT2D eigenvalue weighted by Crippen LogP contribution is -2.46. The van der Waals surface area contributed by atoms with Gasteiger partial charge in [0.15, 0.2) is 5.78 Å². The Balaban J connectivity index is 1.11. The minimum atomic E-state index is -0.683. The van der Waals surface area contributed by atoms with E-state index in [0.717, 1.165) is 35.4 Å². The number of rotatable bonds is 6. The van der Waals surface area contributed by atoms with Gasteiger partial charge in [0.25, 0.3) is 5.91 Å². The number of likely N-dealkylation sites (tertiary alicyclic amines) is 1. The number of nitrogens with one attached hydrogen (secondary N) is 1. The van der Waals surface area contributed by atoms with E-state index >= 15 is 0 Å². The molecule has 2 aromatic heterocycles. The lowest BCUT2D eigenvalue weighted by atomic mass is 10.0. The average Bonchev–Trinajstić information content (AvgIpc) is 3.76. The molecule has 7 nitrogen and oxygen atoms in total. The summed E-state index contributed by atoms with van der Waals surface area (Å²) < 4.78 is 16.1. The molecule has 1 saturated carbocycles. The minimum absolute atomic E-state index is 0.00584. The van der Waals surface area contributed by atoms with Gasteiger partial charge in [-0.05, 0) is 62.9 Å². The van der Waals surface area contributed by atoms with Crippen LogP contribution in [0.2, 0.25) is 5.02 Å². The number of carbonyl (C=O) groups is 2. The van der Waals surface area contributed by atoms with Gasteiger partial charge < -0.3 is 9.88 Å². The molecule has 0 spiro atoms. The molecule has 3 heterocycles. The predicted molar refractivity (Wildman–Crippen MR) is 149 cm³/mol. The van der Waals surface area contributed by atoms with Crippen molar-refractivity contribution in [1.82, 2.24) is 19.8 Å². The number of halogens is 2. The SMILES string of the molecule is Cc1ccc2nc(C(=O)CN3CCC(NC(=O)c4cn(C5CC5)c5cc(Cl)c(F)cc5c4=O)CC3)ccc2c1. The van der Waals surface area contributed by atoms with Crippen LogP contribution in [-0.2, 0) is 0 Å². The molecular weight excluding hydrogens is 519 g/mol. The molecule has 4 aromatic rings. The number of nitrogens with zero attached hydrogens (tertiary/aromatic N) is 3. The molecule has 1 aliphatic heterocycles. The largest absolute Gasteiger partial charge is 0.349 e. The zero-order valence-electron chi connectivity index (χ0n) is 21.5. The molecule has 6 rings (SSSR count). The van der Waals surface area contributed by atoms with Gasteiger partial charge in [0.1, 0.15) is 17.1 Å². The van der Waals surface area contributed by atoms with E-state index in [2.05, 4.69) is 15.2 Å². The number of pyridine rings is 2. The highest BCUT2D eigenvalue weighted by Gasteiger charge is 2.29. The Morgan fingerprint density at radius 3 is 2.59 bits per heavy atom. The van der Waals surface area contributed by atoms with E-state index in [9.17, 15) is 18.8 Å². The van der Waals surface area contributed by atoms with Gasteiger partial charge in [-0.2, -0.15) is 0 Å². The van der Waals surface area contributed by atoms with Gasteiger partial charge in [-0.1, -0.05) is 29.3 Å². The zero-order chi connectivity index (χ0) is 27.3. The number of ketones is 1. The van der Waals surface area contributed by atoms with Gasteiger partial charge in [-0.15, -0.1) is 0 Å². The Hall–Kier alpha value is -3.62. The van der Waals surface area contributed by atoms with E-state index in [-0.39, 0.29) is 40.4 Å². The van der Waals surface area contributed by atoms with Crippen molar-refractivity contribution in [3.8, 4) is 0 Å².